The molecule has 0 unspecified atom stereocenters. The van der Waals surface area contributed by atoms with E-state index in [1.165, 1.54) is 11.6 Å². The van der Waals surface area contributed by atoms with Gasteiger partial charge in [-0.25, -0.2) is 13.6 Å². The highest BCUT2D eigenvalue weighted by Gasteiger charge is 2.13. The van der Waals surface area contributed by atoms with Crippen LogP contribution in [0, 0.1) is 0 Å². The zero-order valence-electron chi connectivity index (χ0n) is 11.3. The molecule has 0 saturated heterocycles. The highest BCUT2D eigenvalue weighted by Crippen LogP contribution is 2.19. The van der Waals surface area contributed by atoms with Crippen LogP contribution in [0.4, 0.5) is 5.69 Å². The second kappa shape index (κ2) is 6.11. The molecule has 0 fully saturated rings. The number of nitrogens with two attached hydrogens (primary N) is 1. The summed E-state index contributed by atoms with van der Waals surface area (Å²) in [7, 11) is -3.78. The molecule has 0 bridgehead atoms. The quantitative estimate of drug-likeness (QED) is 0.857. The van der Waals surface area contributed by atoms with Gasteiger partial charge in [0.05, 0.1) is 6.54 Å². The first-order valence-corrected chi connectivity index (χ1v) is 7.98. The normalized spacial score (nSPS) is 11.5. The summed E-state index contributed by atoms with van der Waals surface area (Å²) < 4.78 is 27.4. The van der Waals surface area contributed by atoms with Crippen molar-refractivity contribution in [2.75, 3.05) is 5.32 Å². The summed E-state index contributed by atoms with van der Waals surface area (Å²) in [6.07, 6.45) is 2.05. The average molecular weight is 294 g/mol. The molecule has 1 aromatic carbocycles. The lowest BCUT2D eigenvalue weighted by Gasteiger charge is -2.10. The molecule has 6 heteroatoms. The van der Waals surface area contributed by atoms with Crippen LogP contribution in [0.3, 0.4) is 0 Å². The summed E-state index contributed by atoms with van der Waals surface area (Å²) >= 11 is 0. The predicted octanol–water partition coefficient (Wildman–Crippen LogP) is 2.49. The van der Waals surface area contributed by atoms with E-state index < -0.39 is 10.0 Å². The zero-order chi connectivity index (χ0) is 14.6. The maximum Gasteiger partial charge on any atom is 0.271 e. The third-order valence-electron chi connectivity index (χ3n) is 2.91. The molecule has 1 aromatic heterocycles. The van der Waals surface area contributed by atoms with Crippen molar-refractivity contribution < 1.29 is 12.8 Å². The van der Waals surface area contributed by atoms with Crippen LogP contribution in [0.5, 0.6) is 0 Å². The molecule has 0 atom stereocenters. The van der Waals surface area contributed by atoms with E-state index >= 15 is 0 Å². The number of nitrogens with one attached hydrogen (secondary N) is 1. The molecule has 0 radical (unpaired) electrons. The maximum absolute atomic E-state index is 11.1. The number of anilines is 1. The maximum atomic E-state index is 11.1. The fraction of sp³-hybridized carbons (Fsp3) is 0.286. The van der Waals surface area contributed by atoms with Crippen LogP contribution in [-0.2, 0) is 23.0 Å². The SMILES string of the molecule is CCCc1ccccc1NCc1ccc(S(N)(=O)=O)o1. The van der Waals surface area contributed by atoms with Gasteiger partial charge in [0, 0.05) is 5.69 Å². The highest BCUT2D eigenvalue weighted by atomic mass is 32.2. The summed E-state index contributed by atoms with van der Waals surface area (Å²) in [5, 5.41) is 8.04. The van der Waals surface area contributed by atoms with E-state index in [2.05, 4.69) is 18.3 Å². The summed E-state index contributed by atoms with van der Waals surface area (Å²) in [5.74, 6) is 0.528. The van der Waals surface area contributed by atoms with Crippen LogP contribution in [0.1, 0.15) is 24.7 Å². The predicted molar refractivity (Wildman–Crippen MR) is 77.8 cm³/mol. The van der Waals surface area contributed by atoms with Crippen molar-refractivity contribution in [3.05, 3.63) is 47.7 Å². The number of hydrogen-bond acceptors (Lipinski definition) is 4. The molecule has 3 N–H and O–H groups in total. The molecule has 0 saturated carbocycles. The van der Waals surface area contributed by atoms with Crippen LogP contribution in [0.25, 0.3) is 0 Å². The van der Waals surface area contributed by atoms with Crippen molar-refractivity contribution in [3.63, 3.8) is 0 Å². The van der Waals surface area contributed by atoms with Crippen molar-refractivity contribution in [1.29, 1.82) is 0 Å². The van der Waals surface area contributed by atoms with Gasteiger partial charge in [0.15, 0.2) is 0 Å². The second-order valence-corrected chi connectivity index (χ2v) is 6.02. The van der Waals surface area contributed by atoms with Crippen LogP contribution in [0.2, 0.25) is 0 Å². The Morgan fingerprint density at radius 3 is 2.60 bits per heavy atom. The molecular weight excluding hydrogens is 276 g/mol. The first kappa shape index (κ1) is 14.6. The number of para-hydroxylation sites is 1. The minimum Gasteiger partial charge on any atom is -0.446 e. The van der Waals surface area contributed by atoms with Crippen molar-refractivity contribution in [2.24, 2.45) is 5.14 Å². The Kier molecular flexibility index (Phi) is 4.46. The largest absolute Gasteiger partial charge is 0.446 e. The molecule has 0 aliphatic carbocycles. The Balaban J connectivity index is 2.07. The van der Waals surface area contributed by atoms with Gasteiger partial charge in [0.1, 0.15) is 5.76 Å². The number of hydrogen-bond donors (Lipinski definition) is 2. The van der Waals surface area contributed by atoms with E-state index in [9.17, 15) is 8.42 Å². The standard InChI is InChI=1S/C14H18N2O3S/c1-2-5-11-6-3-4-7-13(11)16-10-12-8-9-14(19-12)20(15,17)18/h3-4,6-9,16H,2,5,10H2,1H3,(H2,15,17,18). The van der Waals surface area contributed by atoms with E-state index in [0.717, 1.165) is 18.5 Å². The smallest absolute Gasteiger partial charge is 0.271 e. The summed E-state index contributed by atoms with van der Waals surface area (Å²) in [6, 6.07) is 11.0. The van der Waals surface area contributed by atoms with Gasteiger partial charge in [0.25, 0.3) is 10.0 Å². The molecule has 2 rings (SSSR count). The van der Waals surface area contributed by atoms with E-state index in [4.69, 9.17) is 9.56 Å². The highest BCUT2D eigenvalue weighted by molar-refractivity contribution is 7.89. The van der Waals surface area contributed by atoms with E-state index in [-0.39, 0.29) is 5.09 Å². The summed E-state index contributed by atoms with van der Waals surface area (Å²) in [4.78, 5) is 0. The van der Waals surface area contributed by atoms with Gasteiger partial charge in [-0.15, -0.1) is 0 Å². The van der Waals surface area contributed by atoms with E-state index in [0.29, 0.717) is 12.3 Å². The molecule has 0 spiro atoms. The zero-order valence-corrected chi connectivity index (χ0v) is 12.1. The Morgan fingerprint density at radius 1 is 1.20 bits per heavy atom. The third kappa shape index (κ3) is 3.61. The Hall–Kier alpha value is -1.79. The topological polar surface area (TPSA) is 85.3 Å². The fourth-order valence-corrected chi connectivity index (χ4v) is 2.45. The van der Waals surface area contributed by atoms with E-state index in [1.807, 2.05) is 18.2 Å². The number of sulfonamides is 1. The molecule has 2 aromatic rings. The number of benzene rings is 1. The Bertz CT molecular complexity index is 677. The van der Waals surface area contributed by atoms with Gasteiger partial charge < -0.3 is 9.73 Å². The summed E-state index contributed by atoms with van der Waals surface area (Å²) in [6.45, 7) is 2.54. The first-order valence-electron chi connectivity index (χ1n) is 6.44. The van der Waals surface area contributed by atoms with Gasteiger partial charge >= 0.3 is 0 Å². The van der Waals surface area contributed by atoms with Gasteiger partial charge in [-0.3, -0.25) is 0 Å². The molecule has 0 aliphatic rings. The average Bonchev–Trinajstić information content (AvgIpc) is 2.87. The van der Waals surface area contributed by atoms with Crippen molar-refractivity contribution in [3.8, 4) is 0 Å². The Morgan fingerprint density at radius 2 is 1.95 bits per heavy atom. The molecule has 108 valence electrons. The molecule has 1 heterocycles. The number of aryl methyl sites for hydroxylation is 1. The Labute approximate surface area is 118 Å². The van der Waals surface area contributed by atoms with Crippen molar-refractivity contribution in [2.45, 2.75) is 31.4 Å². The van der Waals surface area contributed by atoms with Crippen LogP contribution >= 0.6 is 0 Å². The molecule has 5 nitrogen and oxygen atoms in total. The van der Waals surface area contributed by atoms with Gasteiger partial charge in [-0.1, -0.05) is 31.5 Å². The minimum absolute atomic E-state index is 0.212. The van der Waals surface area contributed by atoms with Gasteiger partial charge in [-0.2, -0.15) is 0 Å². The van der Waals surface area contributed by atoms with Crippen LogP contribution < -0.4 is 10.5 Å². The third-order valence-corrected chi connectivity index (χ3v) is 3.69. The first-order chi connectivity index (χ1) is 9.50. The minimum atomic E-state index is -3.78. The monoisotopic (exact) mass is 294 g/mol. The lowest BCUT2D eigenvalue weighted by Crippen LogP contribution is -2.10. The number of primary sulfonamides is 1. The van der Waals surface area contributed by atoms with Crippen LogP contribution in [0.15, 0.2) is 45.9 Å². The lowest BCUT2D eigenvalue weighted by molar-refractivity contribution is 0.419. The second-order valence-electron chi connectivity index (χ2n) is 4.53. The van der Waals surface area contributed by atoms with Crippen molar-refractivity contribution >= 4 is 15.7 Å². The molecular formula is C14H18N2O3S. The molecule has 20 heavy (non-hydrogen) atoms. The van der Waals surface area contributed by atoms with Crippen LogP contribution in [-0.4, -0.2) is 8.42 Å². The van der Waals surface area contributed by atoms with Crippen molar-refractivity contribution in [1.82, 2.24) is 0 Å². The number of rotatable bonds is 6. The van der Waals surface area contributed by atoms with Gasteiger partial charge in [0.2, 0.25) is 5.09 Å². The molecule has 0 amide bonds. The van der Waals surface area contributed by atoms with Gasteiger partial charge in [-0.05, 0) is 30.2 Å². The number of furan rings is 1. The summed E-state index contributed by atoms with van der Waals surface area (Å²) in [5.41, 5.74) is 2.26. The fourth-order valence-electron chi connectivity index (χ4n) is 1.97. The lowest BCUT2D eigenvalue weighted by atomic mass is 10.1. The molecule has 0 aliphatic heterocycles. The van der Waals surface area contributed by atoms with E-state index in [1.54, 1.807) is 6.07 Å².